The van der Waals surface area contributed by atoms with Crippen molar-refractivity contribution in [2.45, 2.75) is 31.1 Å². The number of halogens is 2. The van der Waals surface area contributed by atoms with Crippen LogP contribution in [0.1, 0.15) is 26.3 Å². The van der Waals surface area contributed by atoms with Gasteiger partial charge in [-0.25, -0.2) is 12.8 Å². The van der Waals surface area contributed by atoms with Crippen LogP contribution in [0.25, 0.3) is 0 Å². The number of benzene rings is 2. The molecule has 0 aliphatic rings. The van der Waals surface area contributed by atoms with Crippen LogP contribution in [0.5, 0.6) is 5.75 Å². The summed E-state index contributed by atoms with van der Waals surface area (Å²) in [7, 11) is -3.22. The Hall–Kier alpha value is -1.88. The molecular weight excluding hydrogens is 532 g/mol. The molecule has 31 heavy (non-hydrogen) atoms. The molecule has 0 bridgehead atoms. The topological polar surface area (TPSA) is 79.8 Å². The predicted molar refractivity (Wildman–Crippen MR) is 134 cm³/mol. The monoisotopic (exact) mass is 563 g/mol. The molecule has 0 unspecified atom stereocenters. The molecule has 172 valence electrons. The molecule has 0 fully saturated rings. The first-order valence-electron chi connectivity index (χ1n) is 9.83. The highest BCUT2D eigenvalue weighted by molar-refractivity contribution is 14.0. The number of nitrogens with one attached hydrogen (secondary N) is 2. The van der Waals surface area contributed by atoms with Crippen molar-refractivity contribution < 1.29 is 17.5 Å². The lowest BCUT2D eigenvalue weighted by atomic mass is 9.85. The number of rotatable bonds is 9. The molecule has 0 atom stereocenters. The van der Waals surface area contributed by atoms with E-state index in [1.807, 2.05) is 26.8 Å². The van der Waals surface area contributed by atoms with Crippen molar-refractivity contribution in [1.29, 1.82) is 0 Å². The minimum atomic E-state index is -3.22. The second-order valence-corrected chi connectivity index (χ2v) is 9.62. The standard InChI is InChI=1S/C22H30FN3O3S.HI/c1-5-24-21(26-16-22(2,3)17-7-6-8-18(23)15-17)25-13-14-29-19-9-11-20(12-10-19)30(4,27)28;/h6-12,15H,5,13-14,16H2,1-4H3,(H2,24,25,26);1H. The van der Waals surface area contributed by atoms with Crippen molar-refractivity contribution in [3.05, 3.63) is 59.9 Å². The highest BCUT2D eigenvalue weighted by atomic mass is 127. The SMILES string of the molecule is CCNC(=NCC(C)(C)c1cccc(F)c1)NCCOc1ccc(S(C)(=O)=O)cc1.I. The van der Waals surface area contributed by atoms with Gasteiger partial charge in [0.25, 0.3) is 0 Å². The number of guanidine groups is 1. The normalized spacial score (nSPS) is 12.1. The van der Waals surface area contributed by atoms with E-state index >= 15 is 0 Å². The molecule has 0 aliphatic heterocycles. The van der Waals surface area contributed by atoms with Crippen LogP contribution >= 0.6 is 24.0 Å². The van der Waals surface area contributed by atoms with Gasteiger partial charge in [0.1, 0.15) is 18.2 Å². The summed E-state index contributed by atoms with van der Waals surface area (Å²) in [6.45, 7) is 8.13. The van der Waals surface area contributed by atoms with Crippen molar-refractivity contribution in [3.8, 4) is 5.75 Å². The van der Waals surface area contributed by atoms with Crippen LogP contribution in [-0.2, 0) is 15.3 Å². The van der Waals surface area contributed by atoms with Crippen LogP contribution in [0.2, 0.25) is 0 Å². The first-order chi connectivity index (χ1) is 14.1. The predicted octanol–water partition coefficient (Wildman–Crippen LogP) is 3.76. The van der Waals surface area contributed by atoms with Crippen LogP contribution in [0.3, 0.4) is 0 Å². The average Bonchev–Trinajstić information content (AvgIpc) is 2.69. The third-order valence-electron chi connectivity index (χ3n) is 4.50. The molecule has 0 amide bonds. The lowest BCUT2D eigenvalue weighted by Crippen LogP contribution is -2.40. The highest BCUT2D eigenvalue weighted by Crippen LogP contribution is 2.24. The fraction of sp³-hybridized carbons (Fsp3) is 0.409. The van der Waals surface area contributed by atoms with Crippen LogP contribution < -0.4 is 15.4 Å². The van der Waals surface area contributed by atoms with E-state index in [1.54, 1.807) is 24.3 Å². The smallest absolute Gasteiger partial charge is 0.191 e. The van der Waals surface area contributed by atoms with E-state index in [2.05, 4.69) is 15.6 Å². The Balaban J connectivity index is 0.00000480. The van der Waals surface area contributed by atoms with Gasteiger partial charge >= 0.3 is 0 Å². The van der Waals surface area contributed by atoms with E-state index in [9.17, 15) is 12.8 Å². The van der Waals surface area contributed by atoms with Gasteiger partial charge in [-0.3, -0.25) is 4.99 Å². The average molecular weight is 563 g/mol. The summed E-state index contributed by atoms with van der Waals surface area (Å²) in [5, 5.41) is 6.39. The van der Waals surface area contributed by atoms with Gasteiger partial charge in [-0.1, -0.05) is 26.0 Å². The summed E-state index contributed by atoms with van der Waals surface area (Å²) in [5.74, 6) is 0.993. The van der Waals surface area contributed by atoms with E-state index in [-0.39, 0.29) is 40.1 Å². The highest BCUT2D eigenvalue weighted by Gasteiger charge is 2.21. The maximum Gasteiger partial charge on any atom is 0.191 e. The lowest BCUT2D eigenvalue weighted by molar-refractivity contribution is 0.321. The Morgan fingerprint density at radius 2 is 1.81 bits per heavy atom. The molecular formula is C22H31FIN3O3S. The fourth-order valence-corrected chi connectivity index (χ4v) is 3.37. The molecule has 0 spiro atoms. The van der Waals surface area contributed by atoms with Crippen LogP contribution in [0.15, 0.2) is 58.4 Å². The molecule has 0 saturated heterocycles. The molecule has 0 aliphatic carbocycles. The number of hydrogen-bond donors (Lipinski definition) is 2. The van der Waals surface area contributed by atoms with Gasteiger partial charge in [0.2, 0.25) is 0 Å². The number of ether oxygens (including phenoxy) is 1. The third-order valence-corrected chi connectivity index (χ3v) is 5.63. The second-order valence-electron chi connectivity index (χ2n) is 7.61. The first-order valence-corrected chi connectivity index (χ1v) is 11.7. The Morgan fingerprint density at radius 1 is 1.13 bits per heavy atom. The van der Waals surface area contributed by atoms with Crippen molar-refractivity contribution in [1.82, 2.24) is 10.6 Å². The molecule has 2 aromatic carbocycles. The number of aliphatic imine (C=N–C) groups is 1. The Bertz CT molecular complexity index is 964. The van der Waals surface area contributed by atoms with E-state index in [0.717, 1.165) is 5.56 Å². The summed E-state index contributed by atoms with van der Waals surface area (Å²) >= 11 is 0. The first kappa shape index (κ1) is 27.2. The molecule has 0 heterocycles. The van der Waals surface area contributed by atoms with Gasteiger partial charge in [0, 0.05) is 18.2 Å². The molecule has 0 radical (unpaired) electrons. The number of hydrogen-bond acceptors (Lipinski definition) is 4. The zero-order chi connectivity index (χ0) is 22.2. The van der Waals surface area contributed by atoms with Crippen molar-refractivity contribution in [3.63, 3.8) is 0 Å². The van der Waals surface area contributed by atoms with E-state index in [0.29, 0.717) is 38.0 Å². The summed E-state index contributed by atoms with van der Waals surface area (Å²) in [5.41, 5.74) is 0.574. The molecule has 0 saturated carbocycles. The third kappa shape index (κ3) is 9.02. The molecule has 2 rings (SSSR count). The minimum absolute atomic E-state index is 0. The van der Waals surface area contributed by atoms with Gasteiger partial charge in [0.05, 0.1) is 18.0 Å². The number of nitrogens with zero attached hydrogens (tertiary/aromatic N) is 1. The van der Waals surface area contributed by atoms with Crippen molar-refractivity contribution in [2.75, 3.05) is 32.5 Å². The molecule has 0 aromatic heterocycles. The quantitative estimate of drug-likeness (QED) is 0.210. The van der Waals surface area contributed by atoms with Crippen LogP contribution in [0.4, 0.5) is 4.39 Å². The second kappa shape index (κ2) is 12.2. The maximum absolute atomic E-state index is 13.5. The molecule has 2 aromatic rings. The summed E-state index contributed by atoms with van der Waals surface area (Å²) in [6.07, 6.45) is 1.17. The van der Waals surface area contributed by atoms with Crippen LogP contribution in [-0.4, -0.2) is 46.9 Å². The summed E-state index contributed by atoms with van der Waals surface area (Å²) in [4.78, 5) is 4.88. The van der Waals surface area contributed by atoms with Gasteiger partial charge in [-0.15, -0.1) is 24.0 Å². The summed E-state index contributed by atoms with van der Waals surface area (Å²) in [6, 6.07) is 12.9. The van der Waals surface area contributed by atoms with Crippen molar-refractivity contribution in [2.24, 2.45) is 4.99 Å². The zero-order valence-corrected chi connectivity index (χ0v) is 21.5. The van der Waals surface area contributed by atoms with E-state index in [1.165, 1.54) is 24.5 Å². The molecule has 2 N–H and O–H groups in total. The largest absolute Gasteiger partial charge is 0.492 e. The Kier molecular flexibility index (Phi) is 10.7. The number of sulfone groups is 1. The molecule has 6 nitrogen and oxygen atoms in total. The minimum Gasteiger partial charge on any atom is -0.492 e. The lowest BCUT2D eigenvalue weighted by Gasteiger charge is -2.24. The fourth-order valence-electron chi connectivity index (χ4n) is 2.74. The Morgan fingerprint density at radius 3 is 2.39 bits per heavy atom. The molecule has 9 heteroatoms. The van der Waals surface area contributed by atoms with Gasteiger partial charge in [-0.2, -0.15) is 0 Å². The maximum atomic E-state index is 13.5. The summed E-state index contributed by atoms with van der Waals surface area (Å²) < 4.78 is 42.2. The van der Waals surface area contributed by atoms with Gasteiger partial charge in [0.15, 0.2) is 15.8 Å². The van der Waals surface area contributed by atoms with Crippen LogP contribution in [0, 0.1) is 5.82 Å². The van der Waals surface area contributed by atoms with E-state index in [4.69, 9.17) is 4.74 Å². The van der Waals surface area contributed by atoms with Gasteiger partial charge in [-0.05, 0) is 48.9 Å². The van der Waals surface area contributed by atoms with Crippen molar-refractivity contribution >= 4 is 39.8 Å². The van der Waals surface area contributed by atoms with E-state index < -0.39 is 9.84 Å². The van der Waals surface area contributed by atoms with Gasteiger partial charge < -0.3 is 15.4 Å². The Labute approximate surface area is 201 Å². The zero-order valence-electron chi connectivity index (χ0n) is 18.3.